The fourth-order valence-electron chi connectivity index (χ4n) is 4.39. The molecule has 3 heterocycles. The number of nitriles is 1. The van der Waals surface area contributed by atoms with Gasteiger partial charge in [0.1, 0.15) is 24.0 Å². The number of hydrogen-bond acceptors (Lipinski definition) is 7. The molecule has 1 atom stereocenters. The highest BCUT2D eigenvalue weighted by Gasteiger charge is 2.61. The zero-order valence-electron chi connectivity index (χ0n) is 17.0. The first kappa shape index (κ1) is 20.8. The Morgan fingerprint density at radius 2 is 1.88 bits per heavy atom. The standard InChI is InChI=1S/C24H16ClN3O5/c25-14-7-5-13(6-8-14)11-28-18-4-2-1-3-16(18)24(23(28)31)17(10-26)22(27)33-20-19(30)9-15(12-29)32-21(20)24/h1-9,29H,11-12,27H2/t24-/m0/s1. The Bertz CT molecular complexity index is 1440. The number of rotatable bonds is 3. The van der Waals surface area contributed by atoms with Crippen LogP contribution in [-0.4, -0.2) is 11.0 Å². The topological polar surface area (TPSA) is 130 Å². The fraction of sp³-hybridized carbons (Fsp3) is 0.125. The predicted molar refractivity (Wildman–Crippen MR) is 118 cm³/mol. The number of carbonyl (C=O) groups excluding carboxylic acids is 1. The molecule has 2 aromatic carbocycles. The Balaban J connectivity index is 1.81. The highest BCUT2D eigenvalue weighted by molar-refractivity contribution is 6.30. The van der Waals surface area contributed by atoms with Crippen molar-refractivity contribution in [3.63, 3.8) is 0 Å². The minimum atomic E-state index is -1.83. The minimum Gasteiger partial charge on any atom is -0.457 e. The van der Waals surface area contributed by atoms with Gasteiger partial charge >= 0.3 is 0 Å². The van der Waals surface area contributed by atoms with E-state index >= 15 is 0 Å². The van der Waals surface area contributed by atoms with E-state index in [4.69, 9.17) is 26.5 Å². The normalized spacial score (nSPS) is 18.7. The van der Waals surface area contributed by atoms with Gasteiger partial charge in [-0.2, -0.15) is 5.26 Å². The number of benzene rings is 2. The number of aliphatic hydroxyl groups is 1. The SMILES string of the molecule is N#CC1=C(N)Oc2c(oc(CO)cc2=O)[C@@]12C(=O)N(Cc1ccc(Cl)cc1)c1ccccc12. The Kier molecular flexibility index (Phi) is 4.74. The van der Waals surface area contributed by atoms with E-state index in [1.165, 1.54) is 4.90 Å². The monoisotopic (exact) mass is 461 g/mol. The molecule has 0 aliphatic carbocycles. The second-order valence-corrected chi connectivity index (χ2v) is 8.07. The van der Waals surface area contributed by atoms with Gasteiger partial charge in [-0.1, -0.05) is 41.9 Å². The van der Waals surface area contributed by atoms with Crippen LogP contribution in [0.5, 0.6) is 5.75 Å². The second-order valence-electron chi connectivity index (χ2n) is 7.63. The molecule has 2 aliphatic heterocycles. The average molecular weight is 462 g/mol. The van der Waals surface area contributed by atoms with Crippen LogP contribution in [0.4, 0.5) is 5.69 Å². The van der Waals surface area contributed by atoms with Crippen molar-refractivity contribution in [1.82, 2.24) is 0 Å². The molecule has 0 unspecified atom stereocenters. The quantitative estimate of drug-likeness (QED) is 0.613. The van der Waals surface area contributed by atoms with Crippen LogP contribution in [0.25, 0.3) is 0 Å². The van der Waals surface area contributed by atoms with Gasteiger partial charge in [0.25, 0.3) is 5.91 Å². The molecule has 0 saturated carbocycles. The molecule has 33 heavy (non-hydrogen) atoms. The van der Waals surface area contributed by atoms with E-state index in [1.807, 2.05) is 6.07 Å². The molecule has 9 heteroatoms. The molecule has 0 radical (unpaired) electrons. The molecule has 1 spiro atoms. The van der Waals surface area contributed by atoms with Gasteiger partial charge in [0.15, 0.2) is 11.2 Å². The van der Waals surface area contributed by atoms with Gasteiger partial charge < -0.3 is 24.9 Å². The van der Waals surface area contributed by atoms with E-state index < -0.39 is 23.4 Å². The van der Waals surface area contributed by atoms with Crippen LogP contribution in [-0.2, 0) is 23.4 Å². The maximum absolute atomic E-state index is 14.2. The van der Waals surface area contributed by atoms with E-state index in [1.54, 1.807) is 48.5 Å². The molecular formula is C24H16ClN3O5. The summed E-state index contributed by atoms with van der Waals surface area (Å²) in [7, 11) is 0. The van der Waals surface area contributed by atoms with Crippen molar-refractivity contribution in [3.8, 4) is 11.8 Å². The number of ether oxygens (including phenoxy) is 1. The number of nitrogens with two attached hydrogens (primary N) is 1. The number of aliphatic hydroxyl groups excluding tert-OH is 1. The highest BCUT2D eigenvalue weighted by atomic mass is 35.5. The largest absolute Gasteiger partial charge is 0.457 e. The number of amides is 1. The van der Waals surface area contributed by atoms with Gasteiger partial charge in [0, 0.05) is 22.3 Å². The third-order valence-electron chi connectivity index (χ3n) is 5.82. The average Bonchev–Trinajstić information content (AvgIpc) is 3.05. The lowest BCUT2D eigenvalue weighted by Crippen LogP contribution is -2.46. The third kappa shape index (κ3) is 2.87. The van der Waals surface area contributed by atoms with Crippen molar-refractivity contribution in [2.45, 2.75) is 18.6 Å². The first-order valence-electron chi connectivity index (χ1n) is 9.94. The Hall–Kier alpha value is -4.06. The van der Waals surface area contributed by atoms with Gasteiger partial charge in [-0.05, 0) is 23.8 Å². The number of nitrogens with zero attached hydrogens (tertiary/aromatic N) is 2. The van der Waals surface area contributed by atoms with Crippen LogP contribution in [0.15, 0.2) is 75.3 Å². The van der Waals surface area contributed by atoms with Crippen molar-refractivity contribution in [2.24, 2.45) is 5.73 Å². The van der Waals surface area contributed by atoms with Crippen LogP contribution in [0, 0.1) is 11.3 Å². The van der Waals surface area contributed by atoms with Gasteiger partial charge in [-0.15, -0.1) is 0 Å². The van der Waals surface area contributed by atoms with E-state index in [9.17, 15) is 20.0 Å². The molecule has 0 saturated heterocycles. The lowest BCUT2D eigenvalue weighted by Gasteiger charge is -2.32. The summed E-state index contributed by atoms with van der Waals surface area (Å²) in [6, 6.07) is 17.0. The van der Waals surface area contributed by atoms with Gasteiger partial charge in [0.2, 0.25) is 17.1 Å². The summed E-state index contributed by atoms with van der Waals surface area (Å²) in [4.78, 5) is 28.4. The van der Waals surface area contributed by atoms with Gasteiger partial charge in [-0.3, -0.25) is 9.59 Å². The molecular weight excluding hydrogens is 446 g/mol. The first-order valence-corrected chi connectivity index (χ1v) is 10.3. The maximum Gasteiger partial charge on any atom is 0.251 e. The van der Waals surface area contributed by atoms with E-state index in [0.717, 1.165) is 11.6 Å². The molecule has 8 nitrogen and oxygen atoms in total. The van der Waals surface area contributed by atoms with Crippen molar-refractivity contribution in [1.29, 1.82) is 5.26 Å². The molecule has 1 amide bonds. The fourth-order valence-corrected chi connectivity index (χ4v) is 4.52. The van der Waals surface area contributed by atoms with Crippen molar-refractivity contribution in [2.75, 3.05) is 4.90 Å². The number of fused-ring (bicyclic) bond motifs is 4. The summed E-state index contributed by atoms with van der Waals surface area (Å²) in [6.45, 7) is -0.405. The molecule has 5 rings (SSSR count). The number of hydrogen-bond donors (Lipinski definition) is 2. The minimum absolute atomic E-state index is 0.0686. The summed E-state index contributed by atoms with van der Waals surface area (Å²) < 4.78 is 11.3. The highest BCUT2D eigenvalue weighted by Crippen LogP contribution is 2.54. The van der Waals surface area contributed by atoms with Crippen LogP contribution in [0.3, 0.4) is 0 Å². The smallest absolute Gasteiger partial charge is 0.251 e. The van der Waals surface area contributed by atoms with E-state index in [0.29, 0.717) is 16.3 Å². The lowest BCUT2D eigenvalue weighted by molar-refractivity contribution is -0.121. The van der Waals surface area contributed by atoms with Crippen molar-refractivity contribution < 1.29 is 19.1 Å². The summed E-state index contributed by atoms with van der Waals surface area (Å²) in [5.41, 5.74) is 5.16. The van der Waals surface area contributed by atoms with Crippen LogP contribution in [0.1, 0.15) is 22.6 Å². The Morgan fingerprint density at radius 1 is 1.15 bits per heavy atom. The summed E-state index contributed by atoms with van der Waals surface area (Å²) in [6.07, 6.45) is 0. The Labute approximate surface area is 192 Å². The molecule has 164 valence electrons. The summed E-state index contributed by atoms with van der Waals surface area (Å²) in [5.74, 6) is -1.42. The molecule has 1 aromatic heterocycles. The Morgan fingerprint density at radius 3 is 2.58 bits per heavy atom. The molecule has 2 aliphatic rings. The molecule has 0 bridgehead atoms. The lowest BCUT2D eigenvalue weighted by atomic mass is 9.72. The first-order chi connectivity index (χ1) is 15.9. The zero-order chi connectivity index (χ0) is 23.3. The summed E-state index contributed by atoms with van der Waals surface area (Å²) >= 11 is 6.00. The van der Waals surface area contributed by atoms with Crippen LogP contribution >= 0.6 is 11.6 Å². The van der Waals surface area contributed by atoms with Crippen LogP contribution in [0.2, 0.25) is 5.02 Å². The van der Waals surface area contributed by atoms with Crippen molar-refractivity contribution >= 4 is 23.2 Å². The van der Waals surface area contributed by atoms with Gasteiger partial charge in [-0.25, -0.2) is 0 Å². The molecule has 0 fully saturated rings. The summed E-state index contributed by atoms with van der Waals surface area (Å²) in [5, 5.41) is 20.2. The maximum atomic E-state index is 14.2. The predicted octanol–water partition coefficient (Wildman–Crippen LogP) is 2.70. The zero-order valence-corrected chi connectivity index (χ0v) is 17.8. The number of anilines is 1. The van der Waals surface area contributed by atoms with Gasteiger partial charge in [0.05, 0.1) is 6.54 Å². The third-order valence-corrected chi connectivity index (χ3v) is 6.07. The number of para-hydroxylation sites is 1. The number of carbonyl (C=O) groups is 1. The number of halogens is 1. The van der Waals surface area contributed by atoms with Crippen LogP contribution < -0.4 is 20.8 Å². The second kappa shape index (κ2) is 7.52. The van der Waals surface area contributed by atoms with E-state index in [-0.39, 0.29) is 35.3 Å². The molecule has 3 aromatic rings. The van der Waals surface area contributed by atoms with E-state index in [2.05, 4.69) is 0 Å². The van der Waals surface area contributed by atoms with Crippen molar-refractivity contribution in [3.05, 3.63) is 104 Å². The molecule has 3 N–H and O–H groups in total.